The first-order valence-corrected chi connectivity index (χ1v) is 8.21. The first-order valence-electron chi connectivity index (χ1n) is 8.21. The second-order valence-corrected chi connectivity index (χ2v) is 6.63. The molecule has 2 aromatic rings. The van der Waals surface area contributed by atoms with Crippen LogP contribution in [0.5, 0.6) is 0 Å². The van der Waals surface area contributed by atoms with Gasteiger partial charge in [0.05, 0.1) is 25.6 Å². The maximum atomic E-state index is 10.6. The van der Waals surface area contributed by atoms with Crippen molar-refractivity contribution >= 4 is 17.0 Å². The lowest BCUT2D eigenvalue weighted by Crippen LogP contribution is -2.44. The van der Waals surface area contributed by atoms with E-state index in [0.29, 0.717) is 30.2 Å². The molecular formula is C15H21N5O5. The Morgan fingerprint density at radius 2 is 2.24 bits per heavy atom. The predicted octanol–water partition coefficient (Wildman–Crippen LogP) is -0.971. The minimum absolute atomic E-state index is 0.162. The van der Waals surface area contributed by atoms with Gasteiger partial charge >= 0.3 is 0 Å². The number of fused-ring (bicyclic) bond motifs is 1. The van der Waals surface area contributed by atoms with E-state index >= 15 is 0 Å². The molecule has 5 atom stereocenters. The van der Waals surface area contributed by atoms with Crippen molar-refractivity contribution in [2.45, 2.75) is 43.4 Å². The Bertz CT molecular complexity index is 760. The number of rotatable bonds is 4. The Morgan fingerprint density at radius 1 is 1.40 bits per heavy atom. The highest BCUT2D eigenvalue weighted by atomic mass is 16.6. The average Bonchev–Trinajstić information content (AvgIpc) is 3.29. The van der Waals surface area contributed by atoms with Crippen LogP contribution >= 0.6 is 0 Å². The van der Waals surface area contributed by atoms with E-state index in [1.54, 1.807) is 4.57 Å². The van der Waals surface area contributed by atoms with Crippen LogP contribution in [-0.4, -0.2) is 78.5 Å². The quantitative estimate of drug-likeness (QED) is 0.548. The SMILES string of the molecule is C[C@@]1(O)[C@H](O)[C@@H](CO)O[C@H]1n1cnc2c(N[C@@H]3CCOC3)ncnc21. The smallest absolute Gasteiger partial charge is 0.168 e. The van der Waals surface area contributed by atoms with Crippen LogP contribution < -0.4 is 5.32 Å². The third-order valence-corrected chi connectivity index (χ3v) is 4.82. The van der Waals surface area contributed by atoms with Crippen LogP contribution in [0.25, 0.3) is 11.2 Å². The molecule has 2 aromatic heterocycles. The zero-order valence-electron chi connectivity index (χ0n) is 13.7. The first kappa shape index (κ1) is 16.6. The standard InChI is InChI=1S/C15H21N5O5/c1-15(23)11(22)9(4-21)25-14(15)20-7-18-10-12(16-6-17-13(10)20)19-8-2-3-24-5-8/h6-9,11,14,21-23H,2-5H2,1H3,(H,16,17,19)/t8-,9-,11-,14-,15-/m1/s1. The van der Waals surface area contributed by atoms with E-state index in [0.717, 1.165) is 6.42 Å². The molecule has 10 nitrogen and oxygen atoms in total. The Balaban J connectivity index is 1.69. The van der Waals surface area contributed by atoms with Gasteiger partial charge in [-0.3, -0.25) is 4.57 Å². The predicted molar refractivity (Wildman–Crippen MR) is 85.8 cm³/mol. The zero-order chi connectivity index (χ0) is 17.6. The first-order chi connectivity index (χ1) is 12.0. The maximum absolute atomic E-state index is 10.6. The Morgan fingerprint density at radius 3 is 2.92 bits per heavy atom. The molecule has 4 rings (SSSR count). The monoisotopic (exact) mass is 351 g/mol. The fourth-order valence-corrected chi connectivity index (χ4v) is 3.36. The van der Waals surface area contributed by atoms with Crippen molar-refractivity contribution in [1.29, 1.82) is 0 Å². The molecule has 0 radical (unpaired) electrons. The van der Waals surface area contributed by atoms with Crippen molar-refractivity contribution in [2.24, 2.45) is 0 Å². The van der Waals surface area contributed by atoms with Crippen molar-refractivity contribution in [1.82, 2.24) is 19.5 Å². The van der Waals surface area contributed by atoms with Crippen molar-refractivity contribution in [3.05, 3.63) is 12.7 Å². The summed E-state index contributed by atoms with van der Waals surface area (Å²) < 4.78 is 12.5. The number of anilines is 1. The molecule has 10 heteroatoms. The molecule has 0 bridgehead atoms. The molecule has 136 valence electrons. The summed E-state index contributed by atoms with van der Waals surface area (Å²) in [6.07, 6.45) is 0.741. The molecule has 4 N–H and O–H groups in total. The van der Waals surface area contributed by atoms with Crippen molar-refractivity contribution in [3.63, 3.8) is 0 Å². The van der Waals surface area contributed by atoms with Crippen LogP contribution in [0.2, 0.25) is 0 Å². The maximum Gasteiger partial charge on any atom is 0.168 e. The van der Waals surface area contributed by atoms with Crippen molar-refractivity contribution < 1.29 is 24.8 Å². The molecule has 0 unspecified atom stereocenters. The van der Waals surface area contributed by atoms with Gasteiger partial charge in [-0.15, -0.1) is 0 Å². The fraction of sp³-hybridized carbons (Fsp3) is 0.667. The lowest BCUT2D eigenvalue weighted by molar-refractivity contribution is -0.0950. The summed E-state index contributed by atoms with van der Waals surface area (Å²) >= 11 is 0. The topological polar surface area (TPSA) is 135 Å². The molecule has 2 saturated heterocycles. The highest BCUT2D eigenvalue weighted by Crippen LogP contribution is 2.39. The molecule has 0 aromatic carbocycles. The third kappa shape index (κ3) is 2.66. The molecule has 0 saturated carbocycles. The Kier molecular flexibility index (Phi) is 4.08. The second kappa shape index (κ2) is 6.15. The molecule has 25 heavy (non-hydrogen) atoms. The molecule has 0 spiro atoms. The summed E-state index contributed by atoms with van der Waals surface area (Å²) in [5.74, 6) is 0.580. The third-order valence-electron chi connectivity index (χ3n) is 4.82. The molecule has 4 heterocycles. The number of nitrogens with zero attached hydrogens (tertiary/aromatic N) is 4. The number of aliphatic hydroxyl groups is 3. The molecule has 0 amide bonds. The van der Waals surface area contributed by atoms with Gasteiger partial charge < -0.3 is 30.1 Å². The molecule has 2 aliphatic heterocycles. The summed E-state index contributed by atoms with van der Waals surface area (Å²) in [5.41, 5.74) is -0.595. The van der Waals surface area contributed by atoms with Crippen molar-refractivity contribution in [3.8, 4) is 0 Å². The zero-order valence-corrected chi connectivity index (χ0v) is 13.7. The van der Waals surface area contributed by atoms with E-state index in [-0.39, 0.29) is 6.04 Å². The summed E-state index contributed by atoms with van der Waals surface area (Å²) in [6.45, 7) is 2.38. The van der Waals surface area contributed by atoms with Gasteiger partial charge in [0, 0.05) is 6.61 Å². The van der Waals surface area contributed by atoms with E-state index in [1.807, 2.05) is 0 Å². The number of hydrogen-bond acceptors (Lipinski definition) is 9. The van der Waals surface area contributed by atoms with Gasteiger partial charge in [-0.05, 0) is 13.3 Å². The highest BCUT2D eigenvalue weighted by molar-refractivity contribution is 5.82. The van der Waals surface area contributed by atoms with Gasteiger partial charge in [0.15, 0.2) is 23.2 Å². The van der Waals surface area contributed by atoms with Crippen LogP contribution in [0.3, 0.4) is 0 Å². The number of hydrogen-bond donors (Lipinski definition) is 4. The lowest BCUT2D eigenvalue weighted by atomic mass is 9.96. The summed E-state index contributed by atoms with van der Waals surface area (Å²) in [6, 6.07) is 0.162. The van der Waals surface area contributed by atoms with Gasteiger partial charge in [0.25, 0.3) is 0 Å². The van der Waals surface area contributed by atoms with Gasteiger partial charge in [-0.1, -0.05) is 0 Å². The van der Waals surface area contributed by atoms with Crippen LogP contribution in [0.4, 0.5) is 5.82 Å². The van der Waals surface area contributed by atoms with E-state index in [2.05, 4.69) is 20.3 Å². The highest BCUT2D eigenvalue weighted by Gasteiger charge is 2.53. The number of aliphatic hydroxyl groups excluding tert-OH is 2. The summed E-state index contributed by atoms with van der Waals surface area (Å²) in [5, 5.41) is 33.4. The molecule has 2 fully saturated rings. The van der Waals surface area contributed by atoms with E-state index in [1.165, 1.54) is 19.6 Å². The number of nitrogens with one attached hydrogen (secondary N) is 1. The molecule has 2 aliphatic rings. The summed E-state index contributed by atoms with van der Waals surface area (Å²) in [4.78, 5) is 12.8. The Hall–Kier alpha value is -1.85. The van der Waals surface area contributed by atoms with E-state index < -0.39 is 30.6 Å². The van der Waals surface area contributed by atoms with Crippen LogP contribution in [0.15, 0.2) is 12.7 Å². The van der Waals surface area contributed by atoms with Gasteiger partial charge in [-0.2, -0.15) is 0 Å². The largest absolute Gasteiger partial charge is 0.394 e. The molecular weight excluding hydrogens is 330 g/mol. The minimum atomic E-state index is -1.60. The number of imidazole rings is 1. The fourth-order valence-electron chi connectivity index (χ4n) is 3.36. The normalized spacial score (nSPS) is 35.5. The Labute approximate surface area is 143 Å². The van der Waals surface area contributed by atoms with Crippen LogP contribution in [0.1, 0.15) is 19.6 Å². The lowest BCUT2D eigenvalue weighted by Gasteiger charge is -2.27. The van der Waals surface area contributed by atoms with E-state index in [9.17, 15) is 15.3 Å². The van der Waals surface area contributed by atoms with Crippen molar-refractivity contribution in [2.75, 3.05) is 25.1 Å². The number of ether oxygens (including phenoxy) is 2. The van der Waals surface area contributed by atoms with Gasteiger partial charge in [0.1, 0.15) is 24.1 Å². The van der Waals surface area contributed by atoms with Crippen LogP contribution in [-0.2, 0) is 9.47 Å². The van der Waals surface area contributed by atoms with Gasteiger partial charge in [-0.25, -0.2) is 15.0 Å². The molecule has 0 aliphatic carbocycles. The number of aromatic nitrogens is 4. The minimum Gasteiger partial charge on any atom is -0.394 e. The second-order valence-electron chi connectivity index (χ2n) is 6.63. The van der Waals surface area contributed by atoms with Crippen LogP contribution in [0, 0.1) is 0 Å². The summed E-state index contributed by atoms with van der Waals surface area (Å²) in [7, 11) is 0. The van der Waals surface area contributed by atoms with E-state index in [4.69, 9.17) is 9.47 Å². The average molecular weight is 351 g/mol. The van der Waals surface area contributed by atoms with Gasteiger partial charge in [0.2, 0.25) is 0 Å².